The molecule has 0 bridgehead atoms. The van der Waals surface area contributed by atoms with Crippen LogP contribution in [0.1, 0.15) is 52.4 Å². The van der Waals surface area contributed by atoms with Gasteiger partial charge in [-0.3, -0.25) is 9.59 Å². The summed E-state index contributed by atoms with van der Waals surface area (Å²) in [6.07, 6.45) is 3.83. The molecular weight excluding hydrogens is 460 g/mol. The molecule has 0 spiro atoms. The fourth-order valence-corrected chi connectivity index (χ4v) is 6.42. The van der Waals surface area contributed by atoms with Crippen LogP contribution < -0.4 is 9.47 Å². The number of carbonyl (C=O) groups excluding carboxylic acids is 2. The lowest BCUT2D eigenvalue weighted by molar-refractivity contribution is -0.165. The van der Waals surface area contributed by atoms with Gasteiger partial charge in [-0.25, -0.2) is 8.42 Å². The fourth-order valence-electron chi connectivity index (χ4n) is 4.93. The van der Waals surface area contributed by atoms with Crippen LogP contribution in [0.2, 0.25) is 0 Å². The van der Waals surface area contributed by atoms with E-state index in [1.807, 2.05) is 4.90 Å². The maximum atomic E-state index is 13.1. The lowest BCUT2D eigenvalue weighted by Gasteiger charge is -2.37. The van der Waals surface area contributed by atoms with Crippen LogP contribution in [-0.4, -0.2) is 74.5 Å². The van der Waals surface area contributed by atoms with E-state index in [9.17, 15) is 18.0 Å². The number of amides is 1. The number of rotatable bonds is 6. The van der Waals surface area contributed by atoms with Gasteiger partial charge in [0.25, 0.3) is 5.91 Å². The lowest BCUT2D eigenvalue weighted by atomic mass is 9.98. The van der Waals surface area contributed by atoms with Crippen molar-refractivity contribution in [1.29, 1.82) is 0 Å². The van der Waals surface area contributed by atoms with Crippen molar-refractivity contribution in [3.8, 4) is 11.5 Å². The third-order valence-corrected chi connectivity index (χ3v) is 8.86. The van der Waals surface area contributed by atoms with E-state index in [2.05, 4.69) is 6.92 Å². The van der Waals surface area contributed by atoms with Crippen LogP contribution in [0.15, 0.2) is 23.1 Å². The predicted molar refractivity (Wildman–Crippen MR) is 124 cm³/mol. The largest absolute Gasteiger partial charge is 0.486 e. The summed E-state index contributed by atoms with van der Waals surface area (Å²) in [6, 6.07) is 4.81. The Kier molecular flexibility index (Phi) is 7.67. The third-order valence-electron chi connectivity index (χ3n) is 6.96. The highest BCUT2D eigenvalue weighted by Gasteiger charge is 2.36. The van der Waals surface area contributed by atoms with Crippen LogP contribution >= 0.6 is 0 Å². The highest BCUT2D eigenvalue weighted by atomic mass is 32.2. The molecule has 3 aliphatic rings. The second kappa shape index (κ2) is 10.5. The Bertz CT molecular complexity index is 1000. The summed E-state index contributed by atoms with van der Waals surface area (Å²) >= 11 is 0. The van der Waals surface area contributed by atoms with Crippen molar-refractivity contribution in [2.75, 3.05) is 32.8 Å². The normalized spacial score (nSPS) is 22.8. The van der Waals surface area contributed by atoms with Crippen molar-refractivity contribution in [3.63, 3.8) is 0 Å². The van der Waals surface area contributed by atoms with E-state index in [0.29, 0.717) is 44.1 Å². The van der Waals surface area contributed by atoms with Crippen molar-refractivity contribution in [2.24, 2.45) is 5.92 Å². The van der Waals surface area contributed by atoms with Gasteiger partial charge in [0, 0.05) is 31.7 Å². The number of likely N-dealkylation sites (tertiary alicyclic amines) is 1. The third kappa shape index (κ3) is 5.17. The zero-order chi connectivity index (χ0) is 24.3. The Morgan fingerprint density at radius 2 is 1.76 bits per heavy atom. The average Bonchev–Trinajstić information content (AvgIpc) is 2.87. The zero-order valence-electron chi connectivity index (χ0n) is 19.9. The smallest absolute Gasteiger partial charge is 0.309 e. The van der Waals surface area contributed by atoms with E-state index in [1.165, 1.54) is 16.4 Å². The molecule has 0 saturated carbocycles. The van der Waals surface area contributed by atoms with Crippen LogP contribution in [0, 0.1) is 5.92 Å². The summed E-state index contributed by atoms with van der Waals surface area (Å²) in [6.45, 7) is 5.63. The van der Waals surface area contributed by atoms with Crippen molar-refractivity contribution in [2.45, 2.75) is 69.4 Å². The molecule has 0 aliphatic carbocycles. The van der Waals surface area contributed by atoms with E-state index in [0.717, 1.165) is 25.7 Å². The van der Waals surface area contributed by atoms with Crippen molar-refractivity contribution < 1.29 is 32.2 Å². The Balaban J connectivity index is 1.32. The van der Waals surface area contributed by atoms with Gasteiger partial charge in [-0.1, -0.05) is 6.92 Å². The number of nitrogens with zero attached hydrogens (tertiary/aromatic N) is 2. The van der Waals surface area contributed by atoms with Gasteiger partial charge < -0.3 is 19.1 Å². The van der Waals surface area contributed by atoms with Crippen molar-refractivity contribution in [3.05, 3.63) is 18.2 Å². The monoisotopic (exact) mass is 494 g/mol. The number of piperidine rings is 2. The molecule has 1 amide bonds. The molecule has 188 valence electrons. The van der Waals surface area contributed by atoms with E-state index in [1.54, 1.807) is 13.0 Å². The zero-order valence-corrected chi connectivity index (χ0v) is 20.7. The number of hydrogen-bond acceptors (Lipinski definition) is 7. The highest BCUT2D eigenvalue weighted by Crippen LogP contribution is 2.34. The number of carbonyl (C=O) groups is 2. The number of esters is 1. The second-order valence-electron chi connectivity index (χ2n) is 9.15. The van der Waals surface area contributed by atoms with Gasteiger partial charge in [0.1, 0.15) is 13.2 Å². The molecule has 1 aromatic rings. The molecule has 2 saturated heterocycles. The first-order chi connectivity index (χ1) is 16.3. The molecule has 0 aromatic heterocycles. The molecule has 0 N–H and O–H groups in total. The summed E-state index contributed by atoms with van der Waals surface area (Å²) in [4.78, 5) is 27.6. The standard InChI is InChI=1S/C24H34N2O7S/c1-3-19-6-4-5-11-26(19)23(27)17(2)33-24(28)18-9-12-25(13-10-18)34(29,30)20-7-8-21-22(16-20)32-15-14-31-21/h7-8,16-19H,3-6,9-15H2,1-2H3. The van der Waals surface area contributed by atoms with Gasteiger partial charge in [-0.05, 0) is 57.6 Å². The van der Waals surface area contributed by atoms with Gasteiger partial charge in [0.05, 0.1) is 10.8 Å². The van der Waals surface area contributed by atoms with Gasteiger partial charge in [0.15, 0.2) is 17.6 Å². The Labute approximate surface area is 201 Å². The minimum atomic E-state index is -3.72. The summed E-state index contributed by atoms with van der Waals surface area (Å²) in [7, 11) is -3.72. The summed E-state index contributed by atoms with van der Waals surface area (Å²) < 4.78 is 44.1. The molecule has 3 aliphatic heterocycles. The summed E-state index contributed by atoms with van der Waals surface area (Å²) in [5.41, 5.74) is 0. The minimum absolute atomic E-state index is 0.140. The quantitative estimate of drug-likeness (QED) is 0.560. The lowest BCUT2D eigenvalue weighted by Crippen LogP contribution is -2.49. The molecule has 2 atom stereocenters. The predicted octanol–water partition coefficient (Wildman–Crippen LogP) is 2.58. The molecule has 34 heavy (non-hydrogen) atoms. The molecule has 2 unspecified atom stereocenters. The second-order valence-corrected chi connectivity index (χ2v) is 11.1. The molecule has 4 rings (SSSR count). The SMILES string of the molecule is CCC1CCCCN1C(=O)C(C)OC(=O)C1CCN(S(=O)(=O)c2ccc3c(c2)OCCO3)CC1. The van der Waals surface area contributed by atoms with Crippen molar-refractivity contribution in [1.82, 2.24) is 9.21 Å². The Hall–Kier alpha value is -2.33. The average molecular weight is 495 g/mol. The Morgan fingerprint density at radius 1 is 1.06 bits per heavy atom. The molecule has 2 fully saturated rings. The summed E-state index contributed by atoms with van der Waals surface area (Å²) in [5, 5.41) is 0. The van der Waals surface area contributed by atoms with Crippen molar-refractivity contribution >= 4 is 21.9 Å². The van der Waals surface area contributed by atoms with Crippen LogP contribution in [0.3, 0.4) is 0 Å². The molecule has 10 heteroatoms. The van der Waals surface area contributed by atoms with Crippen LogP contribution in [-0.2, 0) is 24.3 Å². The summed E-state index contributed by atoms with van der Waals surface area (Å²) in [5.74, 6) is -0.0420. The molecular formula is C24H34N2O7S. The number of benzene rings is 1. The van der Waals surface area contributed by atoms with Gasteiger partial charge in [0.2, 0.25) is 10.0 Å². The van der Waals surface area contributed by atoms with E-state index in [-0.39, 0.29) is 29.9 Å². The van der Waals surface area contributed by atoms with Gasteiger partial charge in [-0.2, -0.15) is 4.31 Å². The van der Waals surface area contributed by atoms with E-state index in [4.69, 9.17) is 14.2 Å². The molecule has 0 radical (unpaired) electrons. The Morgan fingerprint density at radius 3 is 2.47 bits per heavy atom. The molecule has 9 nitrogen and oxygen atoms in total. The molecule has 1 aromatic carbocycles. The first kappa shape index (κ1) is 24.8. The maximum absolute atomic E-state index is 13.1. The maximum Gasteiger partial charge on any atom is 0.309 e. The highest BCUT2D eigenvalue weighted by molar-refractivity contribution is 7.89. The first-order valence-corrected chi connectivity index (χ1v) is 13.7. The van der Waals surface area contributed by atoms with Gasteiger partial charge in [-0.15, -0.1) is 0 Å². The number of hydrogen-bond donors (Lipinski definition) is 0. The van der Waals surface area contributed by atoms with Crippen LogP contribution in [0.25, 0.3) is 0 Å². The van der Waals surface area contributed by atoms with E-state index < -0.39 is 28.0 Å². The fraction of sp³-hybridized carbons (Fsp3) is 0.667. The van der Waals surface area contributed by atoms with E-state index >= 15 is 0 Å². The van der Waals surface area contributed by atoms with Gasteiger partial charge >= 0.3 is 5.97 Å². The first-order valence-electron chi connectivity index (χ1n) is 12.2. The number of ether oxygens (including phenoxy) is 3. The van der Waals surface area contributed by atoms with Crippen LogP contribution in [0.4, 0.5) is 0 Å². The van der Waals surface area contributed by atoms with Crippen LogP contribution in [0.5, 0.6) is 11.5 Å². The number of fused-ring (bicyclic) bond motifs is 1. The topological polar surface area (TPSA) is 102 Å². The molecule has 3 heterocycles. The number of sulfonamides is 1. The minimum Gasteiger partial charge on any atom is -0.486 e.